The second-order valence-corrected chi connectivity index (χ2v) is 4.95. The third-order valence-electron chi connectivity index (χ3n) is 2.53. The minimum absolute atomic E-state index is 0.00314. The molecule has 0 amide bonds. The van der Waals surface area contributed by atoms with Gasteiger partial charge < -0.3 is 5.11 Å². The van der Waals surface area contributed by atoms with Crippen molar-refractivity contribution in [1.29, 1.82) is 0 Å². The van der Waals surface area contributed by atoms with Crippen LogP contribution in [0.1, 0.15) is 17.2 Å². The van der Waals surface area contributed by atoms with Crippen LogP contribution >= 0.6 is 34.8 Å². The van der Waals surface area contributed by atoms with E-state index in [1.165, 1.54) is 30.3 Å². The van der Waals surface area contributed by atoms with Crippen molar-refractivity contribution >= 4 is 34.8 Å². The molecule has 0 aliphatic carbocycles. The van der Waals surface area contributed by atoms with E-state index in [0.717, 1.165) is 0 Å². The average Bonchev–Trinajstić information content (AvgIpc) is 2.28. The van der Waals surface area contributed by atoms with Crippen molar-refractivity contribution in [2.75, 3.05) is 0 Å². The largest absolute Gasteiger partial charge is 0.383 e. The Balaban J connectivity index is 2.51. The zero-order valence-corrected chi connectivity index (χ0v) is 11.3. The van der Waals surface area contributed by atoms with Crippen molar-refractivity contribution in [3.05, 3.63) is 68.4 Å². The first-order valence-electron chi connectivity index (χ1n) is 5.07. The van der Waals surface area contributed by atoms with Gasteiger partial charge in [-0.05, 0) is 24.3 Å². The molecule has 1 N–H and O–H groups in total. The molecular formula is C13H8Cl3FO. The Labute approximate surface area is 119 Å². The summed E-state index contributed by atoms with van der Waals surface area (Å²) in [7, 11) is 0. The lowest BCUT2D eigenvalue weighted by Gasteiger charge is -2.15. The van der Waals surface area contributed by atoms with Crippen LogP contribution in [0.4, 0.5) is 4.39 Å². The number of aliphatic hydroxyl groups is 1. The van der Waals surface area contributed by atoms with Crippen molar-refractivity contribution in [2.45, 2.75) is 6.10 Å². The van der Waals surface area contributed by atoms with Gasteiger partial charge in [0, 0.05) is 26.2 Å². The van der Waals surface area contributed by atoms with Crippen LogP contribution in [0.25, 0.3) is 0 Å². The summed E-state index contributed by atoms with van der Waals surface area (Å²) in [5, 5.41) is 11.0. The van der Waals surface area contributed by atoms with E-state index in [4.69, 9.17) is 34.8 Å². The van der Waals surface area contributed by atoms with E-state index in [1.807, 2.05) is 0 Å². The van der Waals surface area contributed by atoms with Crippen LogP contribution < -0.4 is 0 Å². The van der Waals surface area contributed by atoms with Gasteiger partial charge in [-0.25, -0.2) is 4.39 Å². The summed E-state index contributed by atoms with van der Waals surface area (Å²) < 4.78 is 13.7. The molecule has 2 rings (SSSR count). The highest BCUT2D eigenvalue weighted by atomic mass is 35.5. The molecule has 2 aromatic rings. The van der Waals surface area contributed by atoms with Crippen LogP contribution in [0.2, 0.25) is 15.1 Å². The van der Waals surface area contributed by atoms with Gasteiger partial charge >= 0.3 is 0 Å². The van der Waals surface area contributed by atoms with Gasteiger partial charge in [-0.2, -0.15) is 0 Å². The summed E-state index contributed by atoms with van der Waals surface area (Å²) in [5.41, 5.74) is 0.358. The molecule has 0 bridgehead atoms. The Morgan fingerprint density at radius 3 is 2.33 bits per heavy atom. The second kappa shape index (κ2) is 5.45. The highest BCUT2D eigenvalue weighted by molar-refractivity contribution is 6.35. The Hall–Kier alpha value is -0.800. The summed E-state index contributed by atoms with van der Waals surface area (Å²) in [5.74, 6) is -0.582. The van der Waals surface area contributed by atoms with E-state index >= 15 is 0 Å². The lowest BCUT2D eigenvalue weighted by molar-refractivity contribution is 0.215. The first-order valence-corrected chi connectivity index (χ1v) is 6.21. The molecule has 2 aromatic carbocycles. The van der Waals surface area contributed by atoms with Gasteiger partial charge in [-0.15, -0.1) is 0 Å². The van der Waals surface area contributed by atoms with Gasteiger partial charge in [-0.3, -0.25) is 0 Å². The van der Waals surface area contributed by atoms with Crippen LogP contribution in [0.5, 0.6) is 0 Å². The molecule has 94 valence electrons. The van der Waals surface area contributed by atoms with E-state index in [-0.39, 0.29) is 15.6 Å². The SMILES string of the molecule is OC(c1ccc(Cl)cc1Cl)c1c(F)cccc1Cl. The Kier molecular flexibility index (Phi) is 4.13. The molecule has 0 saturated heterocycles. The number of hydrogen-bond donors (Lipinski definition) is 1. The van der Waals surface area contributed by atoms with Crippen molar-refractivity contribution in [2.24, 2.45) is 0 Å². The summed E-state index contributed by atoms with van der Waals surface area (Å²) in [4.78, 5) is 0. The molecule has 1 unspecified atom stereocenters. The number of rotatable bonds is 2. The predicted molar refractivity (Wildman–Crippen MR) is 71.9 cm³/mol. The zero-order chi connectivity index (χ0) is 13.3. The topological polar surface area (TPSA) is 20.2 Å². The Morgan fingerprint density at radius 2 is 1.72 bits per heavy atom. The zero-order valence-electron chi connectivity index (χ0n) is 9.00. The fraction of sp³-hybridized carbons (Fsp3) is 0.0769. The number of benzene rings is 2. The third-order valence-corrected chi connectivity index (χ3v) is 3.42. The van der Waals surface area contributed by atoms with E-state index < -0.39 is 11.9 Å². The fourth-order valence-corrected chi connectivity index (χ4v) is 2.43. The molecule has 0 aliphatic rings. The van der Waals surface area contributed by atoms with Gasteiger partial charge in [0.1, 0.15) is 11.9 Å². The molecule has 18 heavy (non-hydrogen) atoms. The highest BCUT2D eigenvalue weighted by Gasteiger charge is 2.20. The first kappa shape index (κ1) is 13.6. The fourth-order valence-electron chi connectivity index (χ4n) is 1.65. The molecule has 0 fully saturated rings. The molecule has 1 nitrogen and oxygen atoms in total. The Morgan fingerprint density at radius 1 is 1.00 bits per heavy atom. The summed E-state index contributed by atoms with van der Waals surface area (Å²) in [6.07, 6.45) is -1.23. The van der Waals surface area contributed by atoms with Gasteiger partial charge in [0.05, 0.1) is 0 Å². The lowest BCUT2D eigenvalue weighted by atomic mass is 10.0. The molecular weight excluding hydrogens is 297 g/mol. The normalized spacial score (nSPS) is 12.5. The summed E-state index contributed by atoms with van der Waals surface area (Å²) in [6, 6.07) is 8.80. The van der Waals surface area contributed by atoms with Crippen LogP contribution in [-0.4, -0.2) is 5.11 Å². The number of aliphatic hydroxyl groups excluding tert-OH is 1. The molecule has 1 atom stereocenters. The maximum atomic E-state index is 13.7. The molecule has 5 heteroatoms. The molecule has 0 heterocycles. The highest BCUT2D eigenvalue weighted by Crippen LogP contribution is 2.34. The average molecular weight is 306 g/mol. The van der Waals surface area contributed by atoms with E-state index in [2.05, 4.69) is 0 Å². The molecule has 0 radical (unpaired) electrons. The monoisotopic (exact) mass is 304 g/mol. The number of hydrogen-bond acceptors (Lipinski definition) is 1. The summed E-state index contributed by atoms with van der Waals surface area (Å²) >= 11 is 17.6. The Bertz CT molecular complexity index is 566. The van der Waals surface area contributed by atoms with E-state index in [0.29, 0.717) is 10.6 Å². The van der Waals surface area contributed by atoms with E-state index in [1.54, 1.807) is 6.07 Å². The maximum Gasteiger partial charge on any atom is 0.130 e. The van der Waals surface area contributed by atoms with Gasteiger partial charge in [-0.1, -0.05) is 46.9 Å². The minimum Gasteiger partial charge on any atom is -0.383 e. The van der Waals surface area contributed by atoms with Crippen LogP contribution in [0, 0.1) is 5.82 Å². The molecule has 0 aromatic heterocycles. The van der Waals surface area contributed by atoms with Crippen molar-refractivity contribution in [3.63, 3.8) is 0 Å². The van der Waals surface area contributed by atoms with Crippen LogP contribution in [0.15, 0.2) is 36.4 Å². The van der Waals surface area contributed by atoms with Crippen LogP contribution in [-0.2, 0) is 0 Å². The van der Waals surface area contributed by atoms with Gasteiger partial charge in [0.2, 0.25) is 0 Å². The van der Waals surface area contributed by atoms with Gasteiger partial charge in [0.25, 0.3) is 0 Å². The standard InChI is InChI=1S/C13H8Cl3FO/c14-7-4-5-8(10(16)6-7)13(18)12-9(15)2-1-3-11(12)17/h1-6,13,18H. The molecule has 0 saturated carbocycles. The minimum atomic E-state index is -1.23. The molecule has 0 aliphatic heterocycles. The second-order valence-electron chi connectivity index (χ2n) is 3.70. The van der Waals surface area contributed by atoms with Gasteiger partial charge in [0.15, 0.2) is 0 Å². The van der Waals surface area contributed by atoms with Crippen molar-refractivity contribution < 1.29 is 9.50 Å². The smallest absolute Gasteiger partial charge is 0.130 e. The van der Waals surface area contributed by atoms with Crippen molar-refractivity contribution in [3.8, 4) is 0 Å². The number of halogens is 4. The molecule has 0 spiro atoms. The first-order chi connectivity index (χ1) is 8.50. The summed E-state index contributed by atoms with van der Waals surface area (Å²) in [6.45, 7) is 0. The lowest BCUT2D eigenvalue weighted by Crippen LogP contribution is -2.04. The predicted octanol–water partition coefficient (Wildman–Crippen LogP) is 4.87. The van der Waals surface area contributed by atoms with Crippen LogP contribution in [0.3, 0.4) is 0 Å². The maximum absolute atomic E-state index is 13.7. The van der Waals surface area contributed by atoms with E-state index in [9.17, 15) is 9.50 Å². The van der Waals surface area contributed by atoms with Crippen molar-refractivity contribution in [1.82, 2.24) is 0 Å². The third kappa shape index (κ3) is 2.62. The quantitative estimate of drug-likeness (QED) is 0.839.